The van der Waals surface area contributed by atoms with Crippen molar-refractivity contribution in [3.63, 3.8) is 0 Å². The number of carbonyl (C=O) groups excluding carboxylic acids is 2. The molecule has 0 aromatic heterocycles. The fraction of sp³-hybridized carbons (Fsp3) is 0.200. The molecular weight excluding hydrogens is 362 g/mol. The SMILES string of the molecule is Cc1ccc(CN2C(=O)[C@@](O)([C@@H](C)C(=O)c3ccccc3)c3ccccc32)cc1. The number of para-hydroxylation sites is 1. The third-order valence-corrected chi connectivity index (χ3v) is 5.72. The first-order valence-electron chi connectivity index (χ1n) is 9.71. The van der Waals surface area contributed by atoms with Crippen molar-refractivity contribution < 1.29 is 14.7 Å². The molecule has 0 unspecified atom stereocenters. The number of hydrogen-bond donors (Lipinski definition) is 1. The van der Waals surface area contributed by atoms with E-state index in [1.165, 1.54) is 0 Å². The standard InChI is InChI=1S/C25H23NO3/c1-17-12-14-19(15-13-17)16-26-22-11-7-6-10-21(22)25(29,24(26)28)18(2)23(27)20-8-4-3-5-9-20/h3-15,18,29H,16H2,1-2H3/t18-,25+/m0/s1. The highest BCUT2D eigenvalue weighted by atomic mass is 16.3. The van der Waals surface area contributed by atoms with Crippen molar-refractivity contribution in [1.82, 2.24) is 0 Å². The second-order valence-corrected chi connectivity index (χ2v) is 7.61. The quantitative estimate of drug-likeness (QED) is 0.668. The number of ketones is 1. The van der Waals surface area contributed by atoms with Gasteiger partial charge >= 0.3 is 0 Å². The smallest absolute Gasteiger partial charge is 0.264 e. The first-order chi connectivity index (χ1) is 13.9. The minimum atomic E-state index is -1.89. The molecule has 4 heteroatoms. The molecule has 1 heterocycles. The van der Waals surface area contributed by atoms with Gasteiger partial charge in [-0.25, -0.2) is 0 Å². The largest absolute Gasteiger partial charge is 0.375 e. The minimum absolute atomic E-state index is 0.256. The van der Waals surface area contributed by atoms with Gasteiger partial charge in [-0.2, -0.15) is 0 Å². The molecule has 0 radical (unpaired) electrons. The van der Waals surface area contributed by atoms with E-state index < -0.39 is 17.4 Å². The molecule has 29 heavy (non-hydrogen) atoms. The number of aryl methyl sites for hydroxylation is 1. The van der Waals surface area contributed by atoms with Crippen LogP contribution in [0.3, 0.4) is 0 Å². The normalized spacial score (nSPS) is 19.1. The molecule has 1 amide bonds. The van der Waals surface area contributed by atoms with Gasteiger partial charge in [-0.3, -0.25) is 9.59 Å². The van der Waals surface area contributed by atoms with Crippen molar-refractivity contribution in [3.8, 4) is 0 Å². The topological polar surface area (TPSA) is 57.6 Å². The van der Waals surface area contributed by atoms with E-state index in [0.717, 1.165) is 11.1 Å². The number of carbonyl (C=O) groups is 2. The van der Waals surface area contributed by atoms with Crippen molar-refractivity contribution in [2.45, 2.75) is 26.0 Å². The molecule has 3 aromatic rings. The van der Waals surface area contributed by atoms with Crippen molar-refractivity contribution >= 4 is 17.4 Å². The van der Waals surface area contributed by atoms with Gasteiger partial charge in [0.1, 0.15) is 0 Å². The van der Waals surface area contributed by atoms with Crippen molar-refractivity contribution in [1.29, 1.82) is 0 Å². The van der Waals surface area contributed by atoms with Crippen molar-refractivity contribution in [2.75, 3.05) is 4.90 Å². The number of amides is 1. The van der Waals surface area contributed by atoms with Crippen LogP contribution in [0.5, 0.6) is 0 Å². The molecule has 0 bridgehead atoms. The average Bonchev–Trinajstić information content (AvgIpc) is 2.97. The molecule has 1 aliphatic rings. The third kappa shape index (κ3) is 3.15. The first kappa shape index (κ1) is 19.1. The highest BCUT2D eigenvalue weighted by Crippen LogP contribution is 2.46. The van der Waals surface area contributed by atoms with E-state index in [1.54, 1.807) is 48.2 Å². The zero-order valence-electron chi connectivity index (χ0n) is 16.5. The van der Waals surface area contributed by atoms with Gasteiger partial charge in [0.15, 0.2) is 11.4 Å². The minimum Gasteiger partial charge on any atom is -0.375 e. The number of aliphatic hydroxyl groups is 1. The molecule has 0 saturated carbocycles. The van der Waals surface area contributed by atoms with Crippen LogP contribution in [0.1, 0.15) is 34.0 Å². The van der Waals surface area contributed by atoms with Gasteiger partial charge in [-0.15, -0.1) is 0 Å². The van der Waals surface area contributed by atoms with Crippen LogP contribution in [0.25, 0.3) is 0 Å². The van der Waals surface area contributed by atoms with Gasteiger partial charge in [-0.1, -0.05) is 85.3 Å². The Labute approximate surface area is 170 Å². The molecule has 0 saturated heterocycles. The summed E-state index contributed by atoms with van der Waals surface area (Å²) in [6.45, 7) is 3.97. The van der Waals surface area contributed by atoms with E-state index in [1.807, 2.05) is 49.4 Å². The summed E-state index contributed by atoms with van der Waals surface area (Å²) in [7, 11) is 0. The van der Waals surface area contributed by atoms with Gasteiger partial charge in [0.2, 0.25) is 0 Å². The maximum atomic E-state index is 13.5. The Balaban J connectivity index is 1.73. The predicted octanol–water partition coefficient (Wildman–Crippen LogP) is 4.25. The van der Waals surface area contributed by atoms with Crippen LogP contribution in [0.4, 0.5) is 5.69 Å². The summed E-state index contributed by atoms with van der Waals surface area (Å²) < 4.78 is 0. The zero-order valence-corrected chi connectivity index (χ0v) is 16.5. The molecule has 146 valence electrons. The summed E-state index contributed by atoms with van der Waals surface area (Å²) in [6, 6.07) is 23.9. The van der Waals surface area contributed by atoms with Gasteiger partial charge in [0.05, 0.1) is 18.2 Å². The van der Waals surface area contributed by atoms with Crippen LogP contribution in [-0.4, -0.2) is 16.8 Å². The van der Waals surface area contributed by atoms with Crippen molar-refractivity contribution in [3.05, 3.63) is 101 Å². The maximum Gasteiger partial charge on any atom is 0.264 e. The number of fused-ring (bicyclic) bond motifs is 1. The Bertz CT molecular complexity index is 1060. The van der Waals surface area contributed by atoms with E-state index in [4.69, 9.17) is 0 Å². The number of hydrogen-bond acceptors (Lipinski definition) is 3. The molecule has 3 aromatic carbocycles. The fourth-order valence-electron chi connectivity index (χ4n) is 3.96. The Kier molecular flexibility index (Phi) is 4.81. The number of Topliss-reactive ketones (excluding diaryl/α,β-unsaturated/α-hetero) is 1. The molecule has 4 nitrogen and oxygen atoms in total. The summed E-state index contributed by atoms with van der Waals surface area (Å²) in [5.74, 6) is -1.63. The summed E-state index contributed by atoms with van der Waals surface area (Å²) in [6.07, 6.45) is 0. The molecule has 0 spiro atoms. The number of rotatable bonds is 5. The lowest BCUT2D eigenvalue weighted by Gasteiger charge is -2.28. The van der Waals surface area contributed by atoms with E-state index in [-0.39, 0.29) is 5.78 Å². The second kappa shape index (κ2) is 7.30. The molecule has 0 aliphatic carbocycles. The lowest BCUT2D eigenvalue weighted by Crippen LogP contribution is -2.47. The Morgan fingerprint density at radius 3 is 2.28 bits per heavy atom. The van der Waals surface area contributed by atoms with Crippen molar-refractivity contribution in [2.24, 2.45) is 5.92 Å². The fourth-order valence-corrected chi connectivity index (χ4v) is 3.96. The van der Waals surface area contributed by atoms with Gasteiger partial charge in [0, 0.05) is 11.1 Å². The van der Waals surface area contributed by atoms with Crippen LogP contribution in [0.2, 0.25) is 0 Å². The summed E-state index contributed by atoms with van der Waals surface area (Å²) in [4.78, 5) is 28.1. The van der Waals surface area contributed by atoms with Crippen LogP contribution in [-0.2, 0) is 16.9 Å². The predicted molar refractivity (Wildman–Crippen MR) is 113 cm³/mol. The van der Waals surface area contributed by atoms with Crippen LogP contribution < -0.4 is 4.90 Å². The molecule has 0 fully saturated rings. The number of benzene rings is 3. The molecule has 1 N–H and O–H groups in total. The monoisotopic (exact) mass is 385 g/mol. The van der Waals surface area contributed by atoms with Crippen LogP contribution in [0.15, 0.2) is 78.9 Å². The van der Waals surface area contributed by atoms with Crippen LogP contribution >= 0.6 is 0 Å². The van der Waals surface area contributed by atoms with E-state index >= 15 is 0 Å². The summed E-state index contributed by atoms with van der Waals surface area (Å²) in [5.41, 5.74) is 1.82. The number of anilines is 1. The zero-order chi connectivity index (χ0) is 20.6. The molecule has 2 atom stereocenters. The Morgan fingerprint density at radius 2 is 1.59 bits per heavy atom. The molecule has 4 rings (SSSR count). The highest BCUT2D eigenvalue weighted by Gasteiger charge is 2.55. The van der Waals surface area contributed by atoms with Crippen LogP contribution in [0, 0.1) is 12.8 Å². The number of nitrogens with zero attached hydrogens (tertiary/aromatic N) is 1. The van der Waals surface area contributed by atoms with Gasteiger partial charge < -0.3 is 10.0 Å². The molecular formula is C25H23NO3. The van der Waals surface area contributed by atoms with E-state index in [9.17, 15) is 14.7 Å². The third-order valence-electron chi connectivity index (χ3n) is 5.72. The Morgan fingerprint density at radius 1 is 0.966 bits per heavy atom. The van der Waals surface area contributed by atoms with Gasteiger partial charge in [-0.05, 0) is 18.6 Å². The highest BCUT2D eigenvalue weighted by molar-refractivity contribution is 6.11. The average molecular weight is 385 g/mol. The van der Waals surface area contributed by atoms with E-state index in [2.05, 4.69) is 0 Å². The maximum absolute atomic E-state index is 13.5. The lowest BCUT2D eigenvalue weighted by molar-refractivity contribution is -0.139. The first-order valence-corrected chi connectivity index (χ1v) is 9.71. The summed E-state index contributed by atoms with van der Waals surface area (Å²) >= 11 is 0. The second-order valence-electron chi connectivity index (χ2n) is 7.61. The summed E-state index contributed by atoms with van der Waals surface area (Å²) in [5, 5.41) is 11.6. The lowest BCUT2D eigenvalue weighted by atomic mass is 9.79. The Hall–Kier alpha value is -3.24. The van der Waals surface area contributed by atoms with Gasteiger partial charge in [0.25, 0.3) is 5.91 Å². The van der Waals surface area contributed by atoms with E-state index in [0.29, 0.717) is 23.4 Å². The molecule has 1 aliphatic heterocycles.